The van der Waals surface area contributed by atoms with Gasteiger partial charge in [0, 0.05) is 0 Å². The molecule has 6 heterocycles. The van der Waals surface area contributed by atoms with E-state index in [1.807, 2.05) is 22.7 Å². The molecule has 0 aliphatic carbocycles. The van der Waals surface area contributed by atoms with E-state index in [0.717, 1.165) is 59.7 Å². The number of hydrogen-bond acceptors (Lipinski definition) is 4. The molecule has 0 aliphatic rings. The van der Waals surface area contributed by atoms with E-state index in [2.05, 4.69) is 111 Å². The Balaban J connectivity index is 1.23. The van der Waals surface area contributed by atoms with Crippen molar-refractivity contribution in [2.45, 2.75) is 350 Å². The SMILES string of the molecule is CCCCCCCCCCCCC(CCCCCCCCCC)CCCCn1c(=O)c(-c2ccc(C)[te]2)cc2c1cc(-c1ccc(-c3ccc(-c4ccc(C)s4)s3)[te]1)c(=O)n2CCCCC(CCCCCCCCCC)CCCCCCCCCCCC. The second kappa shape index (κ2) is 46.2. The van der Waals surface area contributed by atoms with Crippen LogP contribution in [0.25, 0.3) is 47.5 Å². The van der Waals surface area contributed by atoms with Crippen molar-refractivity contribution in [2.24, 2.45) is 11.8 Å². The summed E-state index contributed by atoms with van der Waals surface area (Å²) in [5.41, 5.74) is 3.97. The summed E-state index contributed by atoms with van der Waals surface area (Å²) in [5.74, 6) is 1.55. The van der Waals surface area contributed by atoms with Crippen LogP contribution in [0.4, 0.5) is 0 Å². The minimum absolute atomic E-state index is 0.151. The zero-order chi connectivity index (χ0) is 62.2. The number of aromatic nitrogens is 2. The molecule has 0 saturated heterocycles. The van der Waals surface area contributed by atoms with Crippen molar-refractivity contribution in [1.29, 1.82) is 0 Å². The second-order valence-electron chi connectivity index (χ2n) is 27.1. The van der Waals surface area contributed by atoms with Crippen molar-refractivity contribution in [3.8, 4) is 36.5 Å². The molecule has 0 radical (unpaired) electrons. The molecule has 6 rings (SSSR count). The molecule has 4 nitrogen and oxygen atoms in total. The Morgan fingerprint density at radius 1 is 0.330 bits per heavy atom. The summed E-state index contributed by atoms with van der Waals surface area (Å²) in [4.78, 5) is 36.2. The van der Waals surface area contributed by atoms with Crippen LogP contribution in [0.5, 0.6) is 0 Å². The van der Waals surface area contributed by atoms with E-state index in [1.54, 1.807) is 0 Å². The Morgan fingerprint density at radius 3 is 0.989 bits per heavy atom. The van der Waals surface area contributed by atoms with Gasteiger partial charge in [0.25, 0.3) is 0 Å². The fourth-order valence-corrected chi connectivity index (χ4v) is 21.6. The van der Waals surface area contributed by atoms with E-state index >= 15 is 9.59 Å². The molecule has 0 aromatic carbocycles. The first-order chi connectivity index (χ1) is 43.2. The molecule has 0 bridgehead atoms. The van der Waals surface area contributed by atoms with Gasteiger partial charge < -0.3 is 0 Å². The van der Waals surface area contributed by atoms with Gasteiger partial charge >= 0.3 is 364 Å². The average molecular weight is 1470 g/mol. The van der Waals surface area contributed by atoms with Crippen LogP contribution >= 0.6 is 22.7 Å². The van der Waals surface area contributed by atoms with Crippen LogP contribution < -0.4 is 11.1 Å². The molecule has 0 aliphatic heterocycles. The van der Waals surface area contributed by atoms with Crippen LogP contribution in [0.15, 0.2) is 70.3 Å². The van der Waals surface area contributed by atoms with Gasteiger partial charge in [-0.2, -0.15) is 0 Å². The standard InChI is InChI=1S/C80H126N2O2S2Te2/c1-7-11-15-19-23-27-29-33-37-41-49-67(47-39-35-31-25-21-17-13-9-3)51-43-45-61-81-72-64-70(77-59-60-78(88-77)75-57-56-74(86-75)73-55-53-65(5)85-73)80(84)82(71(72)63-69(79(81)83)76-58-54-66(6)87-76)62-46-44-52-68(48-40-36-32-26-22-18-14-10-4)50-42-38-34-30-28-24-20-16-12-8-2/h53-60,63-64,67-68H,7-52,61-62H2,1-6H3. The summed E-state index contributed by atoms with van der Waals surface area (Å²) in [6.45, 7) is 15.1. The molecular weight excluding hydrogens is 1340 g/mol. The molecule has 6 aromatic rings. The molecule has 492 valence electrons. The number of thiophene rings is 2. The van der Waals surface area contributed by atoms with Crippen molar-refractivity contribution in [3.05, 3.63) is 89.8 Å². The van der Waals surface area contributed by atoms with Crippen LogP contribution in [0.3, 0.4) is 0 Å². The van der Waals surface area contributed by atoms with Crippen LogP contribution in [0.2, 0.25) is 0 Å². The van der Waals surface area contributed by atoms with Gasteiger partial charge in [0.2, 0.25) is 0 Å². The van der Waals surface area contributed by atoms with Crippen molar-refractivity contribution < 1.29 is 0 Å². The molecule has 6 aromatic heterocycles. The number of nitrogens with zero attached hydrogens (tertiary/aromatic N) is 2. The number of pyridine rings is 2. The Labute approximate surface area is 566 Å². The third-order valence-corrected chi connectivity index (χ3v) is 28.4. The predicted molar refractivity (Wildman–Crippen MR) is 395 cm³/mol. The van der Waals surface area contributed by atoms with E-state index in [4.69, 9.17) is 0 Å². The quantitative estimate of drug-likeness (QED) is 0.0282. The first-order valence-corrected chi connectivity index (χ1v) is 43.7. The van der Waals surface area contributed by atoms with Crippen molar-refractivity contribution in [1.82, 2.24) is 9.13 Å². The molecule has 0 amide bonds. The minimum Gasteiger partial charge on any atom is -0.0654 e. The first kappa shape index (κ1) is 75.1. The third-order valence-electron chi connectivity index (χ3n) is 19.4. The molecule has 0 N–H and O–H groups in total. The Kier molecular flexibility index (Phi) is 39.5. The van der Waals surface area contributed by atoms with Gasteiger partial charge in [0.15, 0.2) is 0 Å². The smallest absolute Gasteiger partial charge is 0.0654 e. The van der Waals surface area contributed by atoms with E-state index in [0.29, 0.717) is 13.1 Å². The van der Waals surface area contributed by atoms with Crippen molar-refractivity contribution in [3.63, 3.8) is 0 Å². The predicted octanol–water partition coefficient (Wildman–Crippen LogP) is 25.9. The van der Waals surface area contributed by atoms with Crippen molar-refractivity contribution in [2.75, 3.05) is 0 Å². The fourth-order valence-electron chi connectivity index (χ4n) is 13.9. The summed E-state index contributed by atoms with van der Waals surface area (Å²) < 4.78 is 9.64. The zero-order valence-electron chi connectivity index (χ0n) is 57.2. The topological polar surface area (TPSA) is 44.0 Å². The summed E-state index contributed by atoms with van der Waals surface area (Å²) in [7, 11) is 0. The number of aryl methyl sites for hydroxylation is 4. The molecule has 2 atom stereocenters. The van der Waals surface area contributed by atoms with E-state index in [1.165, 1.54) is 304 Å². The van der Waals surface area contributed by atoms with Gasteiger partial charge in [-0.25, -0.2) is 0 Å². The molecular formula is C80H126N2O2S2Te2. The normalized spacial score (nSPS) is 12.6. The van der Waals surface area contributed by atoms with Crippen LogP contribution in [-0.4, -0.2) is 50.0 Å². The van der Waals surface area contributed by atoms with Gasteiger partial charge in [-0.15, -0.1) is 0 Å². The van der Waals surface area contributed by atoms with Gasteiger partial charge in [-0.1, -0.05) is 207 Å². The summed E-state index contributed by atoms with van der Waals surface area (Å²) in [6.07, 6.45) is 62.2. The van der Waals surface area contributed by atoms with Gasteiger partial charge in [0.05, 0.1) is 0 Å². The Bertz CT molecular complexity index is 2860. The zero-order valence-corrected chi connectivity index (χ0v) is 63.5. The molecule has 0 fully saturated rings. The summed E-state index contributed by atoms with van der Waals surface area (Å²) in [6, 6.07) is 22.6. The van der Waals surface area contributed by atoms with E-state index in [9.17, 15) is 0 Å². The minimum atomic E-state index is -0.842. The molecule has 0 spiro atoms. The first-order valence-electron chi connectivity index (χ1n) is 37.4. The molecule has 0 saturated carbocycles. The molecule has 8 heteroatoms. The number of unbranched alkanes of at least 4 members (excludes halogenated alkanes) is 34. The Hall–Kier alpha value is -1.90. The van der Waals surface area contributed by atoms with Crippen molar-refractivity contribution >= 4 is 74.6 Å². The number of hydrogen-bond donors (Lipinski definition) is 0. The summed E-state index contributed by atoms with van der Waals surface area (Å²) in [5, 5.41) is 0. The third kappa shape index (κ3) is 28.0. The fraction of sp³-hybridized carbons (Fsp3) is 0.700. The average Bonchev–Trinajstić information content (AvgIpc) is 1.06. The van der Waals surface area contributed by atoms with Crippen LogP contribution in [0.1, 0.15) is 332 Å². The van der Waals surface area contributed by atoms with Gasteiger partial charge in [-0.05, 0) is 0 Å². The van der Waals surface area contributed by atoms with Crippen LogP contribution in [-0.2, 0) is 13.1 Å². The summed E-state index contributed by atoms with van der Waals surface area (Å²) >= 11 is 2.29. The van der Waals surface area contributed by atoms with E-state index in [-0.39, 0.29) is 11.1 Å². The van der Waals surface area contributed by atoms with Gasteiger partial charge in [-0.3, -0.25) is 0 Å². The molecule has 2 unspecified atom stereocenters. The Morgan fingerprint density at radius 2 is 0.636 bits per heavy atom. The molecule has 88 heavy (non-hydrogen) atoms. The van der Waals surface area contributed by atoms with E-state index < -0.39 is 40.9 Å². The van der Waals surface area contributed by atoms with Gasteiger partial charge in [0.1, 0.15) is 0 Å². The van der Waals surface area contributed by atoms with Crippen LogP contribution in [0, 0.1) is 25.7 Å². The maximum atomic E-state index is 15.6. The second-order valence-corrected chi connectivity index (χ2v) is 36.3. The number of rotatable bonds is 54. The maximum absolute atomic E-state index is 15.6. The number of fused-ring (bicyclic) bond motifs is 1. The monoisotopic (exact) mass is 1470 g/mol.